The average Bonchev–Trinajstić information content (AvgIpc) is 3.05. The highest BCUT2D eigenvalue weighted by molar-refractivity contribution is 7.11. The zero-order valence-electron chi connectivity index (χ0n) is 13.9. The van der Waals surface area contributed by atoms with Gasteiger partial charge in [0.1, 0.15) is 5.01 Å². The molecule has 1 heterocycles. The van der Waals surface area contributed by atoms with E-state index in [0.29, 0.717) is 29.6 Å². The van der Waals surface area contributed by atoms with Crippen molar-refractivity contribution in [2.45, 2.75) is 32.9 Å². The molecule has 130 valence electrons. The number of aliphatic hydroxyl groups excluding tert-OH is 1. The van der Waals surface area contributed by atoms with Gasteiger partial charge in [0.05, 0.1) is 12.6 Å². The number of aliphatic hydroxyl groups is 1. The monoisotopic (exact) mass is 366 g/mol. The minimum atomic E-state index is -0.700. The van der Waals surface area contributed by atoms with Gasteiger partial charge in [-0.2, -0.15) is 0 Å². The van der Waals surface area contributed by atoms with Crippen LogP contribution in [-0.4, -0.2) is 29.1 Å². The Morgan fingerprint density at radius 2 is 2.12 bits per heavy atom. The first kappa shape index (κ1) is 18.7. The summed E-state index contributed by atoms with van der Waals surface area (Å²) in [6, 6.07) is 7.29. The van der Waals surface area contributed by atoms with E-state index in [-0.39, 0.29) is 0 Å². The van der Waals surface area contributed by atoms with Gasteiger partial charge in [-0.05, 0) is 19.4 Å². The summed E-state index contributed by atoms with van der Waals surface area (Å²) >= 11 is 7.79. The summed E-state index contributed by atoms with van der Waals surface area (Å²) < 4.78 is 0. The first-order valence-electron chi connectivity index (χ1n) is 8.02. The van der Waals surface area contributed by atoms with Gasteiger partial charge in [0.15, 0.2) is 5.96 Å². The molecule has 1 atom stereocenters. The lowest BCUT2D eigenvalue weighted by atomic mass is 10.1. The number of aromatic nitrogens is 1. The zero-order chi connectivity index (χ0) is 17.4. The Hall–Kier alpha value is -1.63. The van der Waals surface area contributed by atoms with Gasteiger partial charge < -0.3 is 15.7 Å². The van der Waals surface area contributed by atoms with Gasteiger partial charge in [-0.25, -0.2) is 9.98 Å². The van der Waals surface area contributed by atoms with Gasteiger partial charge in [-0.1, -0.05) is 36.7 Å². The molecule has 0 radical (unpaired) electrons. The first-order valence-corrected chi connectivity index (χ1v) is 9.21. The Balaban J connectivity index is 1.95. The molecule has 0 spiro atoms. The number of nitrogens with one attached hydrogen (secondary N) is 2. The van der Waals surface area contributed by atoms with Gasteiger partial charge in [0, 0.05) is 34.7 Å². The van der Waals surface area contributed by atoms with Crippen molar-refractivity contribution in [3.05, 3.63) is 50.9 Å². The van der Waals surface area contributed by atoms with Gasteiger partial charge >= 0.3 is 0 Å². The number of guanidine groups is 1. The number of aliphatic imine (C=N–C) groups is 1. The normalized spacial score (nSPS) is 12.9. The molecule has 24 heavy (non-hydrogen) atoms. The molecule has 0 saturated carbocycles. The van der Waals surface area contributed by atoms with Crippen molar-refractivity contribution >= 4 is 28.9 Å². The summed E-state index contributed by atoms with van der Waals surface area (Å²) in [6.45, 7) is 5.70. The molecule has 0 aliphatic carbocycles. The highest BCUT2D eigenvalue weighted by Gasteiger charge is 2.11. The van der Waals surface area contributed by atoms with Crippen LogP contribution in [0.5, 0.6) is 0 Å². The van der Waals surface area contributed by atoms with E-state index in [0.717, 1.165) is 18.0 Å². The smallest absolute Gasteiger partial charge is 0.191 e. The van der Waals surface area contributed by atoms with Gasteiger partial charge in [0.25, 0.3) is 0 Å². The van der Waals surface area contributed by atoms with E-state index in [4.69, 9.17) is 11.6 Å². The van der Waals surface area contributed by atoms with Crippen LogP contribution in [0, 0.1) is 0 Å². The fourth-order valence-corrected chi connectivity index (χ4v) is 3.17. The van der Waals surface area contributed by atoms with Gasteiger partial charge in [-0.15, -0.1) is 11.3 Å². The maximum atomic E-state index is 10.3. The largest absolute Gasteiger partial charge is 0.387 e. The molecular weight excluding hydrogens is 344 g/mol. The van der Waals surface area contributed by atoms with E-state index >= 15 is 0 Å². The number of hydrogen-bond donors (Lipinski definition) is 3. The predicted molar refractivity (Wildman–Crippen MR) is 101 cm³/mol. The molecule has 5 nitrogen and oxygen atoms in total. The summed E-state index contributed by atoms with van der Waals surface area (Å²) in [5.41, 5.74) is 0.704. The second-order valence-corrected chi connectivity index (χ2v) is 6.79. The third-order valence-corrected chi connectivity index (χ3v) is 4.86. The maximum Gasteiger partial charge on any atom is 0.191 e. The van der Waals surface area contributed by atoms with Crippen molar-refractivity contribution in [3.63, 3.8) is 0 Å². The Bertz CT molecular complexity index is 674. The molecule has 0 saturated heterocycles. The summed E-state index contributed by atoms with van der Waals surface area (Å²) in [4.78, 5) is 10.1. The van der Waals surface area contributed by atoms with Crippen LogP contribution in [0.15, 0.2) is 35.5 Å². The molecule has 7 heteroatoms. The summed E-state index contributed by atoms with van der Waals surface area (Å²) in [5, 5.41) is 18.2. The fourth-order valence-electron chi connectivity index (χ4n) is 2.12. The molecule has 0 aliphatic heterocycles. The topological polar surface area (TPSA) is 69.5 Å². The van der Waals surface area contributed by atoms with Crippen LogP contribution in [0.4, 0.5) is 0 Å². The Labute approximate surface area is 151 Å². The summed E-state index contributed by atoms with van der Waals surface area (Å²) in [5.74, 6) is 0.650. The lowest BCUT2D eigenvalue weighted by Crippen LogP contribution is -2.39. The number of aryl methyl sites for hydroxylation is 1. The number of rotatable bonds is 7. The molecule has 0 amide bonds. The number of halogens is 1. The van der Waals surface area contributed by atoms with Crippen molar-refractivity contribution in [2.75, 3.05) is 13.1 Å². The average molecular weight is 367 g/mol. The van der Waals surface area contributed by atoms with Gasteiger partial charge in [-0.3, -0.25) is 0 Å². The Kier molecular flexibility index (Phi) is 7.49. The molecular formula is C17H23ClN4OS. The van der Waals surface area contributed by atoms with Crippen LogP contribution < -0.4 is 10.6 Å². The molecule has 2 aromatic rings. The standard InChI is InChI=1S/C17H23ClN4OS/c1-3-12-9-20-16(24-12)11-22-17(19-4-2)21-10-15(23)13-7-5-6-8-14(13)18/h5-9,15,23H,3-4,10-11H2,1-2H3,(H2,19,21,22). The van der Waals surface area contributed by atoms with Crippen molar-refractivity contribution in [3.8, 4) is 0 Å². The minimum Gasteiger partial charge on any atom is -0.387 e. The lowest BCUT2D eigenvalue weighted by molar-refractivity contribution is 0.181. The zero-order valence-corrected chi connectivity index (χ0v) is 15.5. The van der Waals surface area contributed by atoms with Crippen LogP contribution >= 0.6 is 22.9 Å². The van der Waals surface area contributed by atoms with Gasteiger partial charge in [0.2, 0.25) is 0 Å². The van der Waals surface area contributed by atoms with Crippen molar-refractivity contribution in [2.24, 2.45) is 4.99 Å². The molecule has 0 bridgehead atoms. The van der Waals surface area contributed by atoms with E-state index in [2.05, 4.69) is 27.5 Å². The predicted octanol–water partition coefficient (Wildman–Crippen LogP) is 3.15. The number of benzene rings is 1. The van der Waals surface area contributed by atoms with Crippen LogP contribution in [-0.2, 0) is 13.0 Å². The molecule has 1 aromatic carbocycles. The molecule has 0 fully saturated rings. The fraction of sp³-hybridized carbons (Fsp3) is 0.412. The van der Waals surface area contributed by atoms with Crippen molar-refractivity contribution in [1.82, 2.24) is 15.6 Å². The van der Waals surface area contributed by atoms with E-state index < -0.39 is 6.10 Å². The Morgan fingerprint density at radius 3 is 2.79 bits per heavy atom. The minimum absolute atomic E-state index is 0.327. The lowest BCUT2D eigenvalue weighted by Gasteiger charge is -2.16. The second-order valence-electron chi connectivity index (χ2n) is 5.19. The molecule has 1 aromatic heterocycles. The molecule has 1 unspecified atom stereocenters. The quantitative estimate of drug-likeness (QED) is 0.520. The number of thiazole rings is 1. The molecule has 2 rings (SSSR count). The highest BCUT2D eigenvalue weighted by atomic mass is 35.5. The van der Waals surface area contributed by atoms with Crippen molar-refractivity contribution < 1.29 is 5.11 Å². The first-order chi connectivity index (χ1) is 11.6. The van der Waals surface area contributed by atoms with E-state index in [1.807, 2.05) is 31.3 Å². The van der Waals surface area contributed by atoms with Crippen LogP contribution in [0.1, 0.15) is 35.4 Å². The SMILES string of the molecule is CCNC(=NCc1ncc(CC)s1)NCC(O)c1ccccc1Cl. The highest BCUT2D eigenvalue weighted by Crippen LogP contribution is 2.21. The third kappa shape index (κ3) is 5.47. The van der Waals surface area contributed by atoms with Crippen LogP contribution in [0.2, 0.25) is 5.02 Å². The number of nitrogens with zero attached hydrogens (tertiary/aromatic N) is 2. The van der Waals surface area contributed by atoms with Crippen LogP contribution in [0.3, 0.4) is 0 Å². The van der Waals surface area contributed by atoms with Crippen molar-refractivity contribution in [1.29, 1.82) is 0 Å². The van der Waals surface area contributed by atoms with E-state index in [9.17, 15) is 5.11 Å². The second kappa shape index (κ2) is 9.61. The summed E-state index contributed by atoms with van der Waals surface area (Å²) in [7, 11) is 0. The third-order valence-electron chi connectivity index (χ3n) is 3.39. The van der Waals surface area contributed by atoms with Crippen LogP contribution in [0.25, 0.3) is 0 Å². The molecule has 0 aliphatic rings. The number of hydrogen-bond acceptors (Lipinski definition) is 4. The summed E-state index contributed by atoms with van der Waals surface area (Å²) in [6.07, 6.45) is 2.19. The van der Waals surface area contributed by atoms with E-state index in [1.165, 1.54) is 4.88 Å². The molecule has 3 N–H and O–H groups in total. The maximum absolute atomic E-state index is 10.3. The Morgan fingerprint density at radius 1 is 1.33 bits per heavy atom. The van der Waals surface area contributed by atoms with E-state index in [1.54, 1.807) is 17.4 Å².